The van der Waals surface area contributed by atoms with Gasteiger partial charge in [-0.2, -0.15) is 0 Å². The van der Waals surface area contributed by atoms with E-state index >= 15 is 0 Å². The lowest BCUT2D eigenvalue weighted by Crippen LogP contribution is -2.52. The van der Waals surface area contributed by atoms with Gasteiger partial charge in [-0.05, 0) is 33.4 Å². The van der Waals surface area contributed by atoms with E-state index in [1.165, 1.54) is 0 Å². The lowest BCUT2D eigenvalue weighted by molar-refractivity contribution is -0.136. The van der Waals surface area contributed by atoms with Crippen LogP contribution in [0.5, 0.6) is 0 Å². The van der Waals surface area contributed by atoms with E-state index in [4.69, 9.17) is 0 Å². The van der Waals surface area contributed by atoms with Gasteiger partial charge in [0.1, 0.15) is 6.04 Å². The summed E-state index contributed by atoms with van der Waals surface area (Å²) in [6.07, 6.45) is 2.61. The molecular weight excluding hydrogens is 218 g/mol. The van der Waals surface area contributed by atoms with Crippen LogP contribution in [-0.4, -0.2) is 60.4 Å². The molecular formula is C12H21N3O2. The highest BCUT2D eigenvalue weighted by Crippen LogP contribution is 2.17. The van der Waals surface area contributed by atoms with Gasteiger partial charge in [-0.3, -0.25) is 9.59 Å². The lowest BCUT2D eigenvalue weighted by atomic mass is 10.0. The molecule has 0 spiro atoms. The molecule has 2 aliphatic heterocycles. The van der Waals surface area contributed by atoms with E-state index in [1.54, 1.807) is 6.92 Å². The Balaban J connectivity index is 2.07. The molecule has 0 bridgehead atoms. The molecule has 96 valence electrons. The Kier molecular flexibility index (Phi) is 3.66. The van der Waals surface area contributed by atoms with Crippen molar-refractivity contribution >= 4 is 11.8 Å². The Bertz CT molecular complexity index is 319. The molecule has 0 radical (unpaired) electrons. The lowest BCUT2D eigenvalue weighted by Gasteiger charge is -2.38. The number of hydrogen-bond donors (Lipinski definition) is 1. The third-order valence-electron chi connectivity index (χ3n) is 3.65. The smallest absolute Gasteiger partial charge is 0.245 e. The van der Waals surface area contributed by atoms with Gasteiger partial charge in [-0.1, -0.05) is 0 Å². The predicted molar refractivity (Wildman–Crippen MR) is 64.5 cm³/mol. The van der Waals surface area contributed by atoms with Crippen molar-refractivity contribution in [1.29, 1.82) is 0 Å². The maximum Gasteiger partial charge on any atom is 0.245 e. The molecule has 2 fully saturated rings. The zero-order valence-electron chi connectivity index (χ0n) is 10.6. The second-order valence-electron chi connectivity index (χ2n) is 5.13. The number of carbonyl (C=O) groups excluding carboxylic acids is 2. The molecule has 5 nitrogen and oxygen atoms in total. The van der Waals surface area contributed by atoms with Gasteiger partial charge < -0.3 is 15.1 Å². The van der Waals surface area contributed by atoms with Gasteiger partial charge in [0.25, 0.3) is 0 Å². The van der Waals surface area contributed by atoms with Crippen LogP contribution < -0.4 is 5.32 Å². The monoisotopic (exact) mass is 239 g/mol. The van der Waals surface area contributed by atoms with Gasteiger partial charge in [-0.15, -0.1) is 0 Å². The van der Waals surface area contributed by atoms with Gasteiger partial charge >= 0.3 is 0 Å². The number of piperidine rings is 1. The minimum Gasteiger partial charge on any atom is -0.345 e. The number of nitrogens with zero attached hydrogens (tertiary/aromatic N) is 2. The average molecular weight is 239 g/mol. The molecule has 0 aromatic rings. The van der Waals surface area contributed by atoms with E-state index in [0.29, 0.717) is 13.0 Å². The van der Waals surface area contributed by atoms with Crippen LogP contribution in [0.4, 0.5) is 0 Å². The Hall–Kier alpha value is -1.10. The van der Waals surface area contributed by atoms with Crippen LogP contribution >= 0.6 is 0 Å². The second-order valence-corrected chi connectivity index (χ2v) is 5.13. The fourth-order valence-corrected chi connectivity index (χ4v) is 2.71. The zero-order valence-corrected chi connectivity index (χ0v) is 10.6. The number of hydrogen-bond acceptors (Lipinski definition) is 3. The van der Waals surface area contributed by atoms with Crippen molar-refractivity contribution in [2.45, 2.75) is 38.3 Å². The molecule has 2 saturated heterocycles. The summed E-state index contributed by atoms with van der Waals surface area (Å²) in [6.45, 7) is 4.36. The van der Waals surface area contributed by atoms with Crippen molar-refractivity contribution in [3.05, 3.63) is 0 Å². The van der Waals surface area contributed by atoms with Crippen molar-refractivity contribution in [3.63, 3.8) is 0 Å². The molecule has 0 saturated carbocycles. The van der Waals surface area contributed by atoms with E-state index in [-0.39, 0.29) is 23.9 Å². The van der Waals surface area contributed by atoms with Gasteiger partial charge in [0.05, 0.1) is 0 Å². The summed E-state index contributed by atoms with van der Waals surface area (Å²) in [7, 11) is 2.08. The van der Waals surface area contributed by atoms with E-state index in [0.717, 1.165) is 25.9 Å². The summed E-state index contributed by atoms with van der Waals surface area (Å²) in [4.78, 5) is 27.8. The van der Waals surface area contributed by atoms with Crippen LogP contribution in [0, 0.1) is 0 Å². The molecule has 2 aliphatic rings. The number of nitrogens with one attached hydrogen (secondary N) is 1. The first-order valence-electron chi connectivity index (χ1n) is 6.36. The summed E-state index contributed by atoms with van der Waals surface area (Å²) in [5.74, 6) is 0.0497. The summed E-state index contributed by atoms with van der Waals surface area (Å²) < 4.78 is 0. The van der Waals surface area contributed by atoms with Crippen molar-refractivity contribution in [2.75, 3.05) is 26.7 Å². The molecule has 5 heteroatoms. The molecule has 2 amide bonds. The molecule has 1 N–H and O–H groups in total. The van der Waals surface area contributed by atoms with Crippen LogP contribution in [0.25, 0.3) is 0 Å². The van der Waals surface area contributed by atoms with Crippen molar-refractivity contribution in [3.8, 4) is 0 Å². The minimum atomic E-state index is -0.378. The summed E-state index contributed by atoms with van der Waals surface area (Å²) in [5.41, 5.74) is 0. The first kappa shape index (κ1) is 12.4. The molecule has 0 aromatic carbocycles. The van der Waals surface area contributed by atoms with E-state index in [1.807, 2.05) is 4.90 Å². The van der Waals surface area contributed by atoms with Crippen LogP contribution in [0.15, 0.2) is 0 Å². The summed E-state index contributed by atoms with van der Waals surface area (Å²) in [5, 5.41) is 2.73. The summed E-state index contributed by atoms with van der Waals surface area (Å²) in [6, 6.07) is -0.103. The van der Waals surface area contributed by atoms with Gasteiger partial charge in [-0.25, -0.2) is 0 Å². The molecule has 2 unspecified atom stereocenters. The molecule has 2 atom stereocenters. The third-order valence-corrected chi connectivity index (χ3v) is 3.65. The SMILES string of the molecule is CC1NC(=O)CCN(C2CCCN(C)C2)C1=O. The molecule has 2 heterocycles. The number of rotatable bonds is 1. The number of carbonyl (C=O) groups is 2. The van der Waals surface area contributed by atoms with Crippen molar-refractivity contribution in [1.82, 2.24) is 15.1 Å². The number of likely N-dealkylation sites (N-methyl/N-ethyl adjacent to an activating group) is 1. The highest BCUT2D eigenvalue weighted by molar-refractivity contribution is 5.89. The minimum absolute atomic E-state index is 0.0162. The van der Waals surface area contributed by atoms with Crippen LogP contribution in [0.2, 0.25) is 0 Å². The first-order chi connectivity index (χ1) is 8.08. The maximum atomic E-state index is 12.2. The quantitative estimate of drug-likeness (QED) is 0.690. The van der Waals surface area contributed by atoms with E-state index < -0.39 is 0 Å². The fraction of sp³-hybridized carbons (Fsp3) is 0.833. The normalized spacial score (nSPS) is 32.2. The summed E-state index contributed by atoms with van der Waals surface area (Å²) >= 11 is 0. The largest absolute Gasteiger partial charge is 0.345 e. The van der Waals surface area contributed by atoms with Crippen LogP contribution in [-0.2, 0) is 9.59 Å². The Morgan fingerprint density at radius 2 is 2.06 bits per heavy atom. The fourth-order valence-electron chi connectivity index (χ4n) is 2.71. The highest BCUT2D eigenvalue weighted by atomic mass is 16.2. The standard InChI is InChI=1S/C12H21N3O2/c1-9-12(17)15(7-5-11(16)13-9)10-4-3-6-14(2)8-10/h9-10H,3-8H2,1-2H3,(H,13,16). The van der Waals surface area contributed by atoms with Gasteiger partial charge in [0.2, 0.25) is 11.8 Å². The van der Waals surface area contributed by atoms with E-state index in [2.05, 4.69) is 17.3 Å². The Morgan fingerprint density at radius 3 is 2.76 bits per heavy atom. The predicted octanol–water partition coefficient (Wildman–Crippen LogP) is -0.182. The highest BCUT2D eigenvalue weighted by Gasteiger charge is 2.32. The molecule has 17 heavy (non-hydrogen) atoms. The Labute approximate surface area is 102 Å². The van der Waals surface area contributed by atoms with Gasteiger partial charge in [0, 0.05) is 25.6 Å². The van der Waals surface area contributed by atoms with Crippen LogP contribution in [0.3, 0.4) is 0 Å². The molecule has 0 aliphatic carbocycles. The van der Waals surface area contributed by atoms with E-state index in [9.17, 15) is 9.59 Å². The maximum absolute atomic E-state index is 12.2. The van der Waals surface area contributed by atoms with Crippen LogP contribution in [0.1, 0.15) is 26.2 Å². The first-order valence-corrected chi connectivity index (χ1v) is 6.36. The van der Waals surface area contributed by atoms with Gasteiger partial charge in [0.15, 0.2) is 0 Å². The topological polar surface area (TPSA) is 52.7 Å². The number of amides is 2. The van der Waals surface area contributed by atoms with Crippen molar-refractivity contribution in [2.24, 2.45) is 0 Å². The van der Waals surface area contributed by atoms with Crippen molar-refractivity contribution < 1.29 is 9.59 Å². The zero-order chi connectivity index (χ0) is 12.4. The molecule has 0 aromatic heterocycles. The Morgan fingerprint density at radius 1 is 1.29 bits per heavy atom. The molecule has 2 rings (SSSR count). The third kappa shape index (κ3) is 2.77. The number of likely N-dealkylation sites (tertiary alicyclic amines) is 1. The average Bonchev–Trinajstić information content (AvgIpc) is 2.40. The second kappa shape index (κ2) is 5.04.